The molecule has 2 N–H and O–H groups in total. The van der Waals surface area contributed by atoms with Crippen LogP contribution in [0.4, 0.5) is 11.4 Å². The Kier molecular flexibility index (Phi) is 6.46. The molecule has 4 nitrogen and oxygen atoms in total. The lowest BCUT2D eigenvalue weighted by atomic mass is 10.0. The molecule has 6 heteroatoms. The van der Waals surface area contributed by atoms with Crippen LogP contribution in [-0.2, 0) is 4.79 Å². The smallest absolute Gasteiger partial charge is 0.267 e. The summed E-state index contributed by atoms with van der Waals surface area (Å²) in [5.74, 6) is -0.101. The summed E-state index contributed by atoms with van der Waals surface area (Å²) in [5.41, 5.74) is 2.22. The van der Waals surface area contributed by atoms with Gasteiger partial charge in [0, 0.05) is 16.9 Å². The van der Waals surface area contributed by atoms with E-state index in [9.17, 15) is 10.1 Å². The van der Waals surface area contributed by atoms with Crippen LogP contribution in [0.5, 0.6) is 0 Å². The first-order valence-corrected chi connectivity index (χ1v) is 8.39. The van der Waals surface area contributed by atoms with Gasteiger partial charge in [-0.05, 0) is 41.8 Å². The molecule has 0 spiro atoms. The maximum Gasteiger partial charge on any atom is 0.267 e. The Morgan fingerprint density at radius 2 is 1.84 bits per heavy atom. The first-order valence-electron chi connectivity index (χ1n) is 7.64. The van der Waals surface area contributed by atoms with Gasteiger partial charge in [0.05, 0.1) is 10.7 Å². The second-order valence-electron chi connectivity index (χ2n) is 5.67. The standard InChI is InChI=1S/C19H17Cl2N3O/c1-12(2)13-3-6-16(7-4-13)24-19(25)14(10-22)11-23-18-9-15(20)5-8-17(18)21/h3-9,11-12,23H,1-2H3,(H,24,25)/b14-11-. The third-order valence-corrected chi connectivity index (χ3v) is 4.07. The molecule has 0 aliphatic carbocycles. The fourth-order valence-corrected chi connectivity index (χ4v) is 2.40. The van der Waals surface area contributed by atoms with Gasteiger partial charge in [-0.1, -0.05) is 49.2 Å². The predicted octanol–water partition coefficient (Wildman–Crippen LogP) is 5.57. The van der Waals surface area contributed by atoms with Gasteiger partial charge in [-0.15, -0.1) is 0 Å². The van der Waals surface area contributed by atoms with Crippen molar-refractivity contribution in [1.29, 1.82) is 5.26 Å². The van der Waals surface area contributed by atoms with Gasteiger partial charge in [0.15, 0.2) is 0 Å². The highest BCUT2D eigenvalue weighted by Gasteiger charge is 2.10. The van der Waals surface area contributed by atoms with Crippen LogP contribution >= 0.6 is 23.2 Å². The number of hydrogen-bond acceptors (Lipinski definition) is 3. The summed E-state index contributed by atoms with van der Waals surface area (Å²) in [6, 6.07) is 14.3. The molecule has 0 atom stereocenters. The zero-order valence-electron chi connectivity index (χ0n) is 13.8. The average Bonchev–Trinajstić information content (AvgIpc) is 2.58. The van der Waals surface area contributed by atoms with E-state index in [-0.39, 0.29) is 5.57 Å². The van der Waals surface area contributed by atoms with Crippen molar-refractivity contribution in [3.63, 3.8) is 0 Å². The van der Waals surface area contributed by atoms with Crippen LogP contribution in [0.1, 0.15) is 25.3 Å². The van der Waals surface area contributed by atoms with Gasteiger partial charge in [-0.3, -0.25) is 4.79 Å². The molecule has 2 aromatic carbocycles. The maximum absolute atomic E-state index is 12.2. The van der Waals surface area contributed by atoms with Crippen molar-refractivity contribution in [3.8, 4) is 6.07 Å². The van der Waals surface area contributed by atoms with Gasteiger partial charge < -0.3 is 10.6 Å². The Hall–Kier alpha value is -2.48. The zero-order valence-corrected chi connectivity index (χ0v) is 15.3. The van der Waals surface area contributed by atoms with Crippen molar-refractivity contribution in [3.05, 3.63) is 69.8 Å². The fraction of sp³-hybridized carbons (Fsp3) is 0.158. The number of nitriles is 1. The molecule has 1 amide bonds. The van der Waals surface area contributed by atoms with Gasteiger partial charge in [-0.2, -0.15) is 5.26 Å². The lowest BCUT2D eigenvalue weighted by molar-refractivity contribution is -0.112. The minimum atomic E-state index is -0.509. The summed E-state index contributed by atoms with van der Waals surface area (Å²) in [5, 5.41) is 15.7. The van der Waals surface area contributed by atoms with Crippen LogP contribution in [-0.4, -0.2) is 5.91 Å². The number of hydrogen-bond donors (Lipinski definition) is 2. The molecule has 0 aromatic heterocycles. The average molecular weight is 374 g/mol. The molecule has 0 radical (unpaired) electrons. The van der Waals surface area contributed by atoms with E-state index in [0.29, 0.717) is 27.3 Å². The van der Waals surface area contributed by atoms with E-state index >= 15 is 0 Å². The number of anilines is 2. The van der Waals surface area contributed by atoms with Crippen molar-refractivity contribution in [1.82, 2.24) is 0 Å². The molecule has 128 valence electrons. The Morgan fingerprint density at radius 3 is 2.44 bits per heavy atom. The van der Waals surface area contributed by atoms with E-state index in [1.54, 1.807) is 18.2 Å². The third-order valence-electron chi connectivity index (χ3n) is 3.50. The summed E-state index contributed by atoms with van der Waals surface area (Å²) in [7, 11) is 0. The number of carbonyl (C=O) groups excluding carboxylic acids is 1. The van der Waals surface area contributed by atoms with Crippen LogP contribution in [0.3, 0.4) is 0 Å². The monoisotopic (exact) mass is 373 g/mol. The molecule has 2 aromatic rings. The SMILES string of the molecule is CC(C)c1ccc(NC(=O)/C(C#N)=C\Nc2cc(Cl)ccc2Cl)cc1. The number of rotatable bonds is 5. The predicted molar refractivity (Wildman–Crippen MR) is 103 cm³/mol. The highest BCUT2D eigenvalue weighted by Crippen LogP contribution is 2.25. The Morgan fingerprint density at radius 1 is 1.16 bits per heavy atom. The summed E-state index contributed by atoms with van der Waals surface area (Å²) in [6.07, 6.45) is 1.30. The molecule has 0 saturated heterocycles. The van der Waals surface area contributed by atoms with Crippen molar-refractivity contribution < 1.29 is 4.79 Å². The minimum Gasteiger partial charge on any atom is -0.359 e. The molecule has 0 heterocycles. The lowest BCUT2D eigenvalue weighted by Gasteiger charge is -2.09. The maximum atomic E-state index is 12.2. The summed E-state index contributed by atoms with van der Waals surface area (Å²) < 4.78 is 0. The number of carbonyl (C=O) groups is 1. The highest BCUT2D eigenvalue weighted by atomic mass is 35.5. The van der Waals surface area contributed by atoms with Gasteiger partial charge in [-0.25, -0.2) is 0 Å². The normalized spacial score (nSPS) is 11.1. The van der Waals surface area contributed by atoms with Crippen LogP contribution in [0.15, 0.2) is 54.2 Å². The van der Waals surface area contributed by atoms with Crippen LogP contribution in [0, 0.1) is 11.3 Å². The largest absolute Gasteiger partial charge is 0.359 e. The van der Waals surface area contributed by atoms with Crippen molar-refractivity contribution >= 4 is 40.5 Å². The van der Waals surface area contributed by atoms with Crippen molar-refractivity contribution in [2.24, 2.45) is 0 Å². The van der Waals surface area contributed by atoms with Crippen LogP contribution < -0.4 is 10.6 Å². The van der Waals surface area contributed by atoms with E-state index in [4.69, 9.17) is 23.2 Å². The topological polar surface area (TPSA) is 64.9 Å². The lowest BCUT2D eigenvalue weighted by Crippen LogP contribution is -2.14. The van der Waals surface area contributed by atoms with Crippen LogP contribution in [0.2, 0.25) is 10.0 Å². The first kappa shape index (κ1) is 18.9. The quantitative estimate of drug-likeness (QED) is 0.531. The first-order chi connectivity index (χ1) is 11.9. The molecule has 0 aliphatic rings. The molecule has 0 bridgehead atoms. The molecule has 0 saturated carbocycles. The third kappa shape index (κ3) is 5.25. The Balaban J connectivity index is 2.10. The van der Waals surface area contributed by atoms with Gasteiger partial charge in [0.25, 0.3) is 5.91 Å². The molecule has 2 rings (SSSR count). The van der Waals surface area contributed by atoms with Gasteiger partial charge in [0.2, 0.25) is 0 Å². The number of nitrogens with zero attached hydrogens (tertiary/aromatic N) is 1. The summed E-state index contributed by atoms with van der Waals surface area (Å²) in [6.45, 7) is 4.19. The molecule has 0 unspecified atom stereocenters. The summed E-state index contributed by atoms with van der Waals surface area (Å²) >= 11 is 11.9. The number of nitrogens with one attached hydrogen (secondary N) is 2. The zero-order chi connectivity index (χ0) is 18.4. The second-order valence-corrected chi connectivity index (χ2v) is 6.51. The summed E-state index contributed by atoms with van der Waals surface area (Å²) in [4.78, 5) is 12.2. The molecule has 0 aliphatic heterocycles. The number of halogens is 2. The number of amides is 1. The van der Waals surface area contributed by atoms with E-state index in [0.717, 1.165) is 0 Å². The van der Waals surface area contributed by atoms with Crippen molar-refractivity contribution in [2.45, 2.75) is 19.8 Å². The Labute approximate surface area is 157 Å². The van der Waals surface area contributed by atoms with E-state index in [2.05, 4.69) is 24.5 Å². The minimum absolute atomic E-state index is 0.0796. The van der Waals surface area contributed by atoms with Gasteiger partial charge >= 0.3 is 0 Å². The van der Waals surface area contributed by atoms with Gasteiger partial charge in [0.1, 0.15) is 11.6 Å². The van der Waals surface area contributed by atoms with E-state index in [1.807, 2.05) is 30.3 Å². The molecule has 0 fully saturated rings. The molecule has 25 heavy (non-hydrogen) atoms. The highest BCUT2D eigenvalue weighted by molar-refractivity contribution is 6.35. The fourth-order valence-electron chi connectivity index (χ4n) is 2.06. The second kappa shape index (κ2) is 8.57. The van der Waals surface area contributed by atoms with Crippen molar-refractivity contribution in [2.75, 3.05) is 10.6 Å². The van der Waals surface area contributed by atoms with E-state index in [1.165, 1.54) is 11.8 Å². The Bertz CT molecular complexity index is 837. The number of benzene rings is 2. The molecular formula is C19H17Cl2N3O. The van der Waals surface area contributed by atoms with Crippen LogP contribution in [0.25, 0.3) is 0 Å². The molecular weight excluding hydrogens is 357 g/mol. The van der Waals surface area contributed by atoms with E-state index < -0.39 is 5.91 Å².